The van der Waals surface area contributed by atoms with Gasteiger partial charge >= 0.3 is 5.97 Å². The van der Waals surface area contributed by atoms with Crippen LogP contribution in [0.4, 0.5) is 0 Å². The van der Waals surface area contributed by atoms with E-state index in [1.807, 2.05) is 26.8 Å². The Balaban J connectivity index is 3.16. The zero-order chi connectivity index (χ0) is 13.7. The van der Waals surface area contributed by atoms with Crippen molar-refractivity contribution >= 4 is 17.6 Å². The van der Waals surface area contributed by atoms with E-state index in [1.165, 1.54) is 7.11 Å². The van der Waals surface area contributed by atoms with Crippen LogP contribution >= 0.6 is 11.6 Å². The minimum atomic E-state index is -0.292. The van der Waals surface area contributed by atoms with Crippen molar-refractivity contribution in [1.82, 2.24) is 0 Å². The van der Waals surface area contributed by atoms with Crippen molar-refractivity contribution in [2.45, 2.75) is 33.6 Å². The molecule has 0 amide bonds. The third-order valence-corrected chi connectivity index (χ3v) is 3.37. The number of methoxy groups -OCH3 is 1. The van der Waals surface area contributed by atoms with Crippen LogP contribution < -0.4 is 4.74 Å². The lowest BCUT2D eigenvalue weighted by atomic mass is 10.0. The van der Waals surface area contributed by atoms with Gasteiger partial charge in [0, 0.05) is 10.6 Å². The summed E-state index contributed by atoms with van der Waals surface area (Å²) in [6.45, 7) is 6.48. The van der Waals surface area contributed by atoms with Crippen LogP contribution in [-0.4, -0.2) is 19.7 Å². The van der Waals surface area contributed by atoms with Gasteiger partial charge in [-0.2, -0.15) is 0 Å². The van der Waals surface area contributed by atoms with Crippen LogP contribution in [0.1, 0.15) is 30.0 Å². The van der Waals surface area contributed by atoms with E-state index in [-0.39, 0.29) is 12.4 Å². The van der Waals surface area contributed by atoms with Crippen LogP contribution in [0.2, 0.25) is 5.02 Å². The number of hydrogen-bond donors (Lipinski definition) is 0. The normalized spacial score (nSPS) is 10.3. The van der Waals surface area contributed by atoms with Gasteiger partial charge in [0.25, 0.3) is 0 Å². The van der Waals surface area contributed by atoms with Gasteiger partial charge in [0.05, 0.1) is 20.1 Å². The number of hydrogen-bond acceptors (Lipinski definition) is 3. The molecule has 0 spiro atoms. The molecule has 0 saturated heterocycles. The van der Waals surface area contributed by atoms with Gasteiger partial charge in [-0.3, -0.25) is 4.79 Å². The average molecular weight is 271 g/mol. The second kappa shape index (κ2) is 6.64. The van der Waals surface area contributed by atoms with Gasteiger partial charge in [-0.15, -0.1) is 0 Å². The first-order valence-corrected chi connectivity index (χ1v) is 6.37. The number of ether oxygens (including phenoxy) is 2. The van der Waals surface area contributed by atoms with Crippen molar-refractivity contribution in [3.05, 3.63) is 27.8 Å². The molecule has 0 aromatic heterocycles. The summed E-state index contributed by atoms with van der Waals surface area (Å²) in [5, 5.41) is 0.678. The van der Waals surface area contributed by atoms with E-state index in [9.17, 15) is 4.79 Å². The third kappa shape index (κ3) is 3.39. The number of halogens is 1. The molecule has 0 aliphatic carbocycles. The van der Waals surface area contributed by atoms with E-state index in [0.717, 1.165) is 28.9 Å². The van der Waals surface area contributed by atoms with Gasteiger partial charge in [0.1, 0.15) is 5.75 Å². The summed E-state index contributed by atoms with van der Waals surface area (Å²) in [7, 11) is 1.38. The number of rotatable bonds is 5. The first kappa shape index (κ1) is 14.8. The largest absolute Gasteiger partial charge is 0.493 e. The van der Waals surface area contributed by atoms with Crippen molar-refractivity contribution in [2.75, 3.05) is 13.7 Å². The Morgan fingerprint density at radius 1 is 1.39 bits per heavy atom. The molecule has 0 fully saturated rings. The van der Waals surface area contributed by atoms with Crippen LogP contribution in [0, 0.1) is 13.8 Å². The fraction of sp³-hybridized carbons (Fsp3) is 0.500. The molecule has 0 bridgehead atoms. The van der Waals surface area contributed by atoms with Crippen LogP contribution in [0.3, 0.4) is 0 Å². The van der Waals surface area contributed by atoms with E-state index in [4.69, 9.17) is 21.1 Å². The predicted octanol–water partition coefficient (Wildman–Crippen LogP) is 3.46. The van der Waals surface area contributed by atoms with Gasteiger partial charge in [0.15, 0.2) is 0 Å². The van der Waals surface area contributed by atoms with Crippen molar-refractivity contribution < 1.29 is 14.3 Å². The van der Waals surface area contributed by atoms with E-state index in [2.05, 4.69) is 0 Å². The van der Waals surface area contributed by atoms with Gasteiger partial charge in [-0.05, 0) is 37.5 Å². The van der Waals surface area contributed by atoms with Crippen LogP contribution in [0.25, 0.3) is 0 Å². The molecule has 0 radical (unpaired) electrons. The van der Waals surface area contributed by atoms with Crippen LogP contribution in [0.15, 0.2) is 6.07 Å². The molecule has 0 aliphatic rings. The summed E-state index contributed by atoms with van der Waals surface area (Å²) < 4.78 is 10.4. The Labute approximate surface area is 113 Å². The molecule has 1 aromatic carbocycles. The fourth-order valence-electron chi connectivity index (χ4n) is 1.74. The Bertz CT molecular complexity index is 441. The highest BCUT2D eigenvalue weighted by Crippen LogP contribution is 2.32. The quantitative estimate of drug-likeness (QED) is 0.769. The topological polar surface area (TPSA) is 35.5 Å². The Morgan fingerprint density at radius 2 is 2.06 bits per heavy atom. The highest BCUT2D eigenvalue weighted by molar-refractivity contribution is 6.32. The molecule has 4 heteroatoms. The first-order valence-electron chi connectivity index (χ1n) is 5.99. The molecule has 0 saturated carbocycles. The molecular weight excluding hydrogens is 252 g/mol. The number of carbonyl (C=O) groups is 1. The van der Waals surface area contributed by atoms with Gasteiger partial charge in [0.2, 0.25) is 0 Å². The van der Waals surface area contributed by atoms with Crippen molar-refractivity contribution in [3.63, 3.8) is 0 Å². The van der Waals surface area contributed by atoms with E-state index >= 15 is 0 Å². The third-order valence-electron chi connectivity index (χ3n) is 2.78. The molecule has 100 valence electrons. The van der Waals surface area contributed by atoms with E-state index in [1.54, 1.807) is 0 Å². The first-order chi connectivity index (χ1) is 8.51. The Kier molecular flexibility index (Phi) is 5.48. The Morgan fingerprint density at radius 3 is 2.61 bits per heavy atom. The standard InChI is InChI=1S/C14H19ClO3/c1-5-6-18-12-7-9(2)14(15)10(3)11(12)8-13(16)17-4/h7H,5-6,8H2,1-4H3. The SMILES string of the molecule is CCCOc1cc(C)c(Cl)c(C)c1CC(=O)OC. The molecule has 1 rings (SSSR count). The molecule has 3 nitrogen and oxygen atoms in total. The lowest BCUT2D eigenvalue weighted by Gasteiger charge is -2.16. The van der Waals surface area contributed by atoms with Crippen molar-refractivity contribution in [3.8, 4) is 5.75 Å². The summed E-state index contributed by atoms with van der Waals surface area (Å²) >= 11 is 6.21. The van der Waals surface area contributed by atoms with Gasteiger partial charge < -0.3 is 9.47 Å². The summed E-state index contributed by atoms with van der Waals surface area (Å²) in [6, 6.07) is 1.88. The monoisotopic (exact) mass is 270 g/mol. The molecule has 0 atom stereocenters. The van der Waals surface area contributed by atoms with Crippen LogP contribution in [-0.2, 0) is 16.0 Å². The molecule has 1 aromatic rings. The maximum Gasteiger partial charge on any atom is 0.310 e. The number of esters is 1. The van der Waals surface area contributed by atoms with Crippen molar-refractivity contribution in [1.29, 1.82) is 0 Å². The number of benzene rings is 1. The number of carbonyl (C=O) groups excluding carboxylic acids is 1. The summed E-state index contributed by atoms with van der Waals surface area (Å²) in [5.41, 5.74) is 2.65. The number of aryl methyl sites for hydroxylation is 1. The Hall–Kier alpha value is -1.22. The molecule has 0 aliphatic heterocycles. The molecule has 18 heavy (non-hydrogen) atoms. The average Bonchev–Trinajstić information content (AvgIpc) is 2.37. The predicted molar refractivity (Wildman–Crippen MR) is 72.4 cm³/mol. The fourth-order valence-corrected chi connectivity index (χ4v) is 1.91. The molecular formula is C14H19ClO3. The van der Waals surface area contributed by atoms with Crippen molar-refractivity contribution in [2.24, 2.45) is 0 Å². The highest BCUT2D eigenvalue weighted by atomic mass is 35.5. The maximum absolute atomic E-state index is 11.4. The minimum absolute atomic E-state index is 0.182. The lowest BCUT2D eigenvalue weighted by Crippen LogP contribution is -2.09. The lowest BCUT2D eigenvalue weighted by molar-refractivity contribution is -0.139. The minimum Gasteiger partial charge on any atom is -0.493 e. The van der Waals surface area contributed by atoms with Gasteiger partial charge in [-0.1, -0.05) is 18.5 Å². The smallest absolute Gasteiger partial charge is 0.310 e. The summed E-state index contributed by atoms with van der Waals surface area (Å²) in [6.07, 6.45) is 1.10. The highest BCUT2D eigenvalue weighted by Gasteiger charge is 2.16. The molecule has 0 heterocycles. The molecule has 0 unspecified atom stereocenters. The second-order valence-electron chi connectivity index (χ2n) is 4.21. The second-order valence-corrected chi connectivity index (χ2v) is 4.59. The summed E-state index contributed by atoms with van der Waals surface area (Å²) in [4.78, 5) is 11.4. The van der Waals surface area contributed by atoms with E-state index < -0.39 is 0 Å². The van der Waals surface area contributed by atoms with Crippen LogP contribution in [0.5, 0.6) is 5.75 Å². The van der Waals surface area contributed by atoms with E-state index in [0.29, 0.717) is 11.6 Å². The zero-order valence-electron chi connectivity index (χ0n) is 11.3. The summed E-state index contributed by atoms with van der Waals surface area (Å²) in [5.74, 6) is 0.431. The zero-order valence-corrected chi connectivity index (χ0v) is 12.1. The molecule has 0 N–H and O–H groups in total. The maximum atomic E-state index is 11.4. The van der Waals surface area contributed by atoms with Gasteiger partial charge in [-0.25, -0.2) is 0 Å².